The van der Waals surface area contributed by atoms with E-state index in [0.29, 0.717) is 5.41 Å². The molecule has 4 aliphatic carbocycles. The van der Waals surface area contributed by atoms with E-state index in [2.05, 4.69) is 41.7 Å². The number of nitrogens with zero attached hydrogens (tertiary/aromatic N) is 2. The van der Waals surface area contributed by atoms with Crippen molar-refractivity contribution in [1.82, 2.24) is 9.55 Å². The lowest BCUT2D eigenvalue weighted by atomic mass is 9.48. The van der Waals surface area contributed by atoms with E-state index in [1.54, 1.807) is 5.57 Å². The number of allylic oxidation sites excluding steroid dienone is 4. The van der Waals surface area contributed by atoms with Crippen LogP contribution in [-0.4, -0.2) is 20.8 Å². The van der Waals surface area contributed by atoms with Gasteiger partial charge in [-0.2, -0.15) is 0 Å². The van der Waals surface area contributed by atoms with Gasteiger partial charge in [-0.25, -0.2) is 4.98 Å². The van der Waals surface area contributed by atoms with Gasteiger partial charge in [0.1, 0.15) is 0 Å². The molecule has 134 valence electrons. The number of rotatable bonds is 1. The maximum atomic E-state index is 10.6. The predicted molar refractivity (Wildman–Crippen MR) is 99.6 cm³/mol. The minimum atomic E-state index is -0.0734. The van der Waals surface area contributed by atoms with Crippen LogP contribution >= 0.6 is 0 Å². The van der Waals surface area contributed by atoms with Crippen molar-refractivity contribution in [2.75, 3.05) is 0 Å². The van der Waals surface area contributed by atoms with E-state index < -0.39 is 0 Å². The Kier molecular flexibility index (Phi) is 3.38. The molecule has 25 heavy (non-hydrogen) atoms. The first kappa shape index (κ1) is 15.9. The Morgan fingerprint density at radius 3 is 2.84 bits per heavy atom. The Hall–Kier alpha value is -1.35. The van der Waals surface area contributed by atoms with Gasteiger partial charge in [0, 0.05) is 18.1 Å². The molecule has 0 unspecified atom stereocenters. The van der Waals surface area contributed by atoms with Crippen molar-refractivity contribution in [3.63, 3.8) is 0 Å². The Labute approximate surface area is 150 Å². The van der Waals surface area contributed by atoms with Crippen LogP contribution in [0.15, 0.2) is 36.4 Å². The van der Waals surface area contributed by atoms with Gasteiger partial charge >= 0.3 is 0 Å². The van der Waals surface area contributed by atoms with Crippen LogP contribution in [0.3, 0.4) is 0 Å². The molecular weight excluding hydrogens is 308 g/mol. The van der Waals surface area contributed by atoms with Gasteiger partial charge in [0.25, 0.3) is 0 Å². The predicted octanol–water partition coefficient (Wildman–Crippen LogP) is 4.66. The molecule has 1 aromatic rings. The molecule has 0 aromatic carbocycles. The second-order valence-corrected chi connectivity index (χ2v) is 9.43. The third kappa shape index (κ3) is 2.11. The molecule has 2 saturated carbocycles. The van der Waals surface area contributed by atoms with Gasteiger partial charge in [-0.05, 0) is 85.2 Å². The summed E-state index contributed by atoms with van der Waals surface area (Å²) in [7, 11) is 0. The number of aliphatic hydroxyl groups excluding tert-OH is 1. The molecule has 0 bridgehead atoms. The van der Waals surface area contributed by atoms with Gasteiger partial charge < -0.3 is 9.67 Å². The van der Waals surface area contributed by atoms with E-state index in [1.165, 1.54) is 37.8 Å². The normalized spacial score (nSPS) is 45.9. The van der Waals surface area contributed by atoms with Crippen molar-refractivity contribution in [1.29, 1.82) is 0 Å². The molecule has 0 aliphatic heterocycles. The van der Waals surface area contributed by atoms with Crippen LogP contribution in [0.1, 0.15) is 58.8 Å². The lowest BCUT2D eigenvalue weighted by Gasteiger charge is -2.56. The van der Waals surface area contributed by atoms with Crippen molar-refractivity contribution in [2.45, 2.75) is 64.9 Å². The SMILES string of the molecule is C[C@]12CC[C@H]3[C@@H](CC=C4C=C(n5ccnc5)CC[C@@]43C)[C@@H]1CC[C@@H]2O. The molecule has 0 radical (unpaired) electrons. The van der Waals surface area contributed by atoms with Crippen LogP contribution in [0.4, 0.5) is 0 Å². The molecule has 4 aliphatic rings. The van der Waals surface area contributed by atoms with E-state index in [0.717, 1.165) is 30.6 Å². The maximum absolute atomic E-state index is 10.6. The molecule has 6 atom stereocenters. The zero-order chi connectivity index (χ0) is 17.2. The molecule has 0 saturated heterocycles. The summed E-state index contributed by atoms with van der Waals surface area (Å²) in [5.74, 6) is 2.28. The third-order valence-electron chi connectivity index (χ3n) is 8.53. The van der Waals surface area contributed by atoms with Crippen LogP contribution < -0.4 is 0 Å². The second-order valence-electron chi connectivity index (χ2n) is 9.43. The number of hydrogen-bond acceptors (Lipinski definition) is 2. The summed E-state index contributed by atoms with van der Waals surface area (Å²) in [5, 5.41) is 10.6. The lowest BCUT2D eigenvalue weighted by molar-refractivity contribution is -0.0623. The fraction of sp³-hybridized carbons (Fsp3) is 0.682. The van der Waals surface area contributed by atoms with Gasteiger partial charge in [0.2, 0.25) is 0 Å². The van der Waals surface area contributed by atoms with Gasteiger partial charge in [-0.1, -0.05) is 19.9 Å². The first-order chi connectivity index (χ1) is 12.0. The number of fused-ring (bicyclic) bond motifs is 5. The zero-order valence-electron chi connectivity index (χ0n) is 15.5. The number of imidazole rings is 1. The molecule has 3 heteroatoms. The van der Waals surface area contributed by atoms with Crippen molar-refractivity contribution in [3.8, 4) is 0 Å². The summed E-state index contributed by atoms with van der Waals surface area (Å²) in [6.07, 6.45) is 19.1. The highest BCUT2D eigenvalue weighted by atomic mass is 16.3. The highest BCUT2D eigenvalue weighted by molar-refractivity contribution is 5.56. The van der Waals surface area contributed by atoms with E-state index in [4.69, 9.17) is 0 Å². The monoisotopic (exact) mass is 338 g/mol. The van der Waals surface area contributed by atoms with E-state index in [1.807, 2.05) is 12.5 Å². The fourth-order valence-electron chi connectivity index (χ4n) is 6.92. The number of aromatic nitrogens is 2. The third-order valence-corrected chi connectivity index (χ3v) is 8.53. The van der Waals surface area contributed by atoms with Crippen LogP contribution in [0.2, 0.25) is 0 Å². The van der Waals surface area contributed by atoms with Crippen LogP contribution in [0.25, 0.3) is 5.70 Å². The topological polar surface area (TPSA) is 38.0 Å². The minimum Gasteiger partial charge on any atom is -0.393 e. The molecule has 0 amide bonds. The standard InChI is InChI=1S/C22H30N2O/c1-21-9-7-16(24-12-11-23-14-24)13-15(21)3-4-17-18-5-6-20(25)22(18,2)10-8-19(17)21/h3,11-14,17-20,25H,4-10H2,1-2H3/t17-,18-,19-,20-,21-,22-/m0/s1. The highest BCUT2D eigenvalue weighted by Crippen LogP contribution is 2.64. The summed E-state index contributed by atoms with van der Waals surface area (Å²) in [5.41, 5.74) is 3.44. The van der Waals surface area contributed by atoms with Gasteiger partial charge in [-0.15, -0.1) is 0 Å². The Morgan fingerprint density at radius 1 is 1.16 bits per heavy atom. The fourth-order valence-corrected chi connectivity index (χ4v) is 6.92. The van der Waals surface area contributed by atoms with Crippen LogP contribution in [0, 0.1) is 28.6 Å². The van der Waals surface area contributed by atoms with Crippen molar-refractivity contribution in [3.05, 3.63) is 36.4 Å². The second kappa shape index (κ2) is 5.33. The van der Waals surface area contributed by atoms with Crippen LogP contribution in [0.5, 0.6) is 0 Å². The Morgan fingerprint density at radius 2 is 2.04 bits per heavy atom. The minimum absolute atomic E-state index is 0.0734. The summed E-state index contributed by atoms with van der Waals surface area (Å²) in [6, 6.07) is 0. The molecule has 1 aromatic heterocycles. The molecule has 0 spiro atoms. The molecule has 3 nitrogen and oxygen atoms in total. The van der Waals surface area contributed by atoms with Gasteiger partial charge in [0.15, 0.2) is 0 Å². The quantitative estimate of drug-likeness (QED) is 0.809. The summed E-state index contributed by atoms with van der Waals surface area (Å²) < 4.78 is 2.18. The van der Waals surface area contributed by atoms with E-state index in [9.17, 15) is 5.11 Å². The van der Waals surface area contributed by atoms with Gasteiger partial charge in [0.05, 0.1) is 12.4 Å². The molecule has 5 rings (SSSR count). The van der Waals surface area contributed by atoms with Crippen molar-refractivity contribution < 1.29 is 5.11 Å². The summed E-state index contributed by atoms with van der Waals surface area (Å²) in [4.78, 5) is 4.21. The zero-order valence-corrected chi connectivity index (χ0v) is 15.5. The summed E-state index contributed by atoms with van der Waals surface area (Å²) in [6.45, 7) is 4.88. The van der Waals surface area contributed by atoms with Crippen LogP contribution in [-0.2, 0) is 0 Å². The average Bonchev–Trinajstić information content (AvgIpc) is 3.23. The van der Waals surface area contributed by atoms with Crippen molar-refractivity contribution >= 4 is 5.70 Å². The largest absolute Gasteiger partial charge is 0.393 e. The van der Waals surface area contributed by atoms with Gasteiger partial charge in [-0.3, -0.25) is 0 Å². The highest BCUT2D eigenvalue weighted by Gasteiger charge is 2.57. The molecule has 1 N–H and O–H groups in total. The van der Waals surface area contributed by atoms with E-state index in [-0.39, 0.29) is 11.5 Å². The Bertz CT molecular complexity index is 733. The number of aliphatic hydroxyl groups is 1. The first-order valence-electron chi connectivity index (χ1n) is 10.1. The van der Waals surface area contributed by atoms with Crippen molar-refractivity contribution in [2.24, 2.45) is 28.6 Å². The first-order valence-corrected chi connectivity index (χ1v) is 10.1. The molecule has 1 heterocycles. The van der Waals surface area contributed by atoms with E-state index >= 15 is 0 Å². The maximum Gasteiger partial charge on any atom is 0.0989 e. The number of hydrogen-bond donors (Lipinski definition) is 1. The summed E-state index contributed by atoms with van der Waals surface area (Å²) >= 11 is 0. The Balaban J connectivity index is 1.50. The molecular formula is C22H30N2O. The molecule has 2 fully saturated rings. The average molecular weight is 338 g/mol. The smallest absolute Gasteiger partial charge is 0.0989 e. The lowest BCUT2D eigenvalue weighted by Crippen LogP contribution is -2.50.